The highest BCUT2D eigenvalue weighted by atomic mass is 32.2. The third-order valence-corrected chi connectivity index (χ3v) is 6.01. The molecule has 0 amide bonds. The van der Waals surface area contributed by atoms with Gasteiger partial charge in [-0.15, -0.1) is 0 Å². The maximum Gasteiger partial charge on any atom is 0.214 e. The second kappa shape index (κ2) is 9.74. The van der Waals surface area contributed by atoms with Crippen LogP contribution in [0, 0.1) is 0 Å². The summed E-state index contributed by atoms with van der Waals surface area (Å²) in [6, 6.07) is 9.52. The Hall–Kier alpha value is -1.64. The van der Waals surface area contributed by atoms with Crippen molar-refractivity contribution < 1.29 is 13.5 Å². The molecule has 1 fully saturated rings. The van der Waals surface area contributed by atoms with E-state index in [4.69, 9.17) is 0 Å². The van der Waals surface area contributed by atoms with E-state index in [1.165, 1.54) is 4.31 Å². The molecule has 25 heavy (non-hydrogen) atoms. The molecule has 1 aliphatic heterocycles. The van der Waals surface area contributed by atoms with E-state index < -0.39 is 16.1 Å². The van der Waals surface area contributed by atoms with E-state index >= 15 is 0 Å². The molecule has 1 unspecified atom stereocenters. The third kappa shape index (κ3) is 6.30. The molecular weight excluding hydrogens is 340 g/mol. The van der Waals surface area contributed by atoms with Crippen LogP contribution in [0.5, 0.6) is 0 Å². The molecule has 1 saturated heterocycles. The molecule has 7 nitrogen and oxygen atoms in total. The number of nitrogens with zero attached hydrogens (tertiary/aromatic N) is 2. The third-order valence-electron chi connectivity index (χ3n) is 4.06. The first kappa shape index (κ1) is 19.7. The monoisotopic (exact) mass is 368 g/mol. The van der Waals surface area contributed by atoms with Gasteiger partial charge in [0.1, 0.15) is 0 Å². The van der Waals surface area contributed by atoms with Gasteiger partial charge >= 0.3 is 0 Å². The first-order chi connectivity index (χ1) is 12.0. The Labute approximate surface area is 150 Å². The van der Waals surface area contributed by atoms with E-state index in [1.54, 1.807) is 0 Å². The number of aliphatic imine (C=N–C) groups is 1. The summed E-state index contributed by atoms with van der Waals surface area (Å²) in [6.45, 7) is 4.72. The number of sulfonamides is 1. The first-order valence-corrected chi connectivity index (χ1v) is 10.4. The number of rotatable bonds is 8. The lowest BCUT2D eigenvalue weighted by molar-refractivity contribution is 0.170. The molecule has 140 valence electrons. The van der Waals surface area contributed by atoms with Gasteiger partial charge in [-0.3, -0.25) is 4.99 Å². The summed E-state index contributed by atoms with van der Waals surface area (Å²) in [7, 11) is -3.06. The minimum absolute atomic E-state index is 0.249. The first-order valence-electron chi connectivity index (χ1n) is 8.76. The Morgan fingerprint density at radius 3 is 2.72 bits per heavy atom. The summed E-state index contributed by atoms with van der Waals surface area (Å²) >= 11 is 0. The summed E-state index contributed by atoms with van der Waals surface area (Å²) in [5, 5.41) is 16.4. The van der Waals surface area contributed by atoms with Gasteiger partial charge in [0, 0.05) is 32.7 Å². The van der Waals surface area contributed by atoms with Crippen molar-refractivity contribution in [3.05, 3.63) is 35.9 Å². The van der Waals surface area contributed by atoms with Gasteiger partial charge in [0.2, 0.25) is 10.0 Å². The van der Waals surface area contributed by atoms with Crippen LogP contribution in [0.4, 0.5) is 0 Å². The van der Waals surface area contributed by atoms with Gasteiger partial charge < -0.3 is 15.7 Å². The average molecular weight is 369 g/mol. The summed E-state index contributed by atoms with van der Waals surface area (Å²) in [4.78, 5) is 4.45. The topological polar surface area (TPSA) is 94.0 Å². The highest BCUT2D eigenvalue weighted by molar-refractivity contribution is 7.89. The molecule has 1 aliphatic rings. The zero-order chi connectivity index (χ0) is 18.1. The smallest absolute Gasteiger partial charge is 0.214 e. The highest BCUT2D eigenvalue weighted by Crippen LogP contribution is 2.15. The quantitative estimate of drug-likeness (QED) is 0.464. The zero-order valence-corrected chi connectivity index (χ0v) is 15.5. The largest absolute Gasteiger partial charge is 0.388 e. The lowest BCUT2D eigenvalue weighted by Crippen LogP contribution is -2.42. The number of nitrogens with one attached hydrogen (secondary N) is 2. The molecule has 0 bridgehead atoms. The Balaban J connectivity index is 1.78. The molecule has 0 aromatic heterocycles. The minimum atomic E-state index is -3.06. The Kier molecular flexibility index (Phi) is 7.67. The number of guanidine groups is 1. The van der Waals surface area contributed by atoms with Gasteiger partial charge in [-0.25, -0.2) is 12.7 Å². The molecule has 1 heterocycles. The predicted molar refractivity (Wildman–Crippen MR) is 100.0 cm³/mol. The van der Waals surface area contributed by atoms with E-state index in [2.05, 4.69) is 15.6 Å². The fraction of sp³-hybridized carbons (Fsp3) is 0.588. The van der Waals surface area contributed by atoms with Crippen molar-refractivity contribution in [2.24, 2.45) is 4.99 Å². The summed E-state index contributed by atoms with van der Waals surface area (Å²) in [6.07, 6.45) is 0.692. The van der Waals surface area contributed by atoms with E-state index in [1.807, 2.05) is 37.3 Å². The van der Waals surface area contributed by atoms with Crippen LogP contribution in [0.2, 0.25) is 0 Å². The molecule has 0 spiro atoms. The van der Waals surface area contributed by atoms with Crippen LogP contribution < -0.4 is 10.6 Å². The molecule has 0 aliphatic carbocycles. The lowest BCUT2D eigenvalue weighted by atomic mass is 10.1. The fourth-order valence-corrected chi connectivity index (χ4v) is 4.25. The van der Waals surface area contributed by atoms with Gasteiger partial charge in [-0.05, 0) is 25.3 Å². The number of benzene rings is 1. The van der Waals surface area contributed by atoms with E-state index in [9.17, 15) is 13.5 Å². The van der Waals surface area contributed by atoms with Crippen molar-refractivity contribution in [3.63, 3.8) is 0 Å². The molecule has 1 aromatic rings. The Bertz CT molecular complexity index is 649. The molecule has 3 N–H and O–H groups in total. The second-order valence-corrected chi connectivity index (χ2v) is 8.06. The number of aliphatic hydroxyl groups is 1. The van der Waals surface area contributed by atoms with Crippen LogP contribution in [-0.2, 0) is 10.0 Å². The van der Waals surface area contributed by atoms with Crippen molar-refractivity contribution in [2.75, 3.05) is 38.5 Å². The fourth-order valence-electron chi connectivity index (χ4n) is 2.72. The van der Waals surface area contributed by atoms with Gasteiger partial charge in [0.05, 0.1) is 11.9 Å². The highest BCUT2D eigenvalue weighted by Gasteiger charge is 2.27. The zero-order valence-electron chi connectivity index (χ0n) is 14.7. The maximum atomic E-state index is 11.8. The molecule has 0 saturated carbocycles. The van der Waals surface area contributed by atoms with Crippen molar-refractivity contribution >= 4 is 16.0 Å². The minimum Gasteiger partial charge on any atom is -0.388 e. The van der Waals surface area contributed by atoms with Crippen LogP contribution in [-0.4, -0.2) is 62.3 Å². The van der Waals surface area contributed by atoms with Gasteiger partial charge in [-0.2, -0.15) is 0 Å². The number of hydrogen-bond acceptors (Lipinski definition) is 4. The summed E-state index contributed by atoms with van der Waals surface area (Å²) in [5.41, 5.74) is 0.884. The maximum absolute atomic E-state index is 11.8. The van der Waals surface area contributed by atoms with Crippen molar-refractivity contribution in [3.8, 4) is 0 Å². The lowest BCUT2D eigenvalue weighted by Gasteiger charge is -2.16. The molecule has 1 aromatic carbocycles. The Morgan fingerprint density at radius 1 is 1.32 bits per heavy atom. The molecule has 1 atom stereocenters. The number of aliphatic hydroxyl groups excluding tert-OH is 1. The van der Waals surface area contributed by atoms with Gasteiger partial charge in [0.25, 0.3) is 0 Å². The van der Waals surface area contributed by atoms with Gasteiger partial charge in [0.15, 0.2) is 5.96 Å². The van der Waals surface area contributed by atoms with Gasteiger partial charge in [-0.1, -0.05) is 30.3 Å². The van der Waals surface area contributed by atoms with E-state index in [0.29, 0.717) is 45.0 Å². The van der Waals surface area contributed by atoms with E-state index in [0.717, 1.165) is 12.1 Å². The van der Waals surface area contributed by atoms with Crippen LogP contribution in [0.3, 0.4) is 0 Å². The standard InChI is InChI=1S/C17H28N4O3S/c1-2-18-17(20-11-13-21-12-6-14-25(21,23)24)19-10-9-16(22)15-7-4-3-5-8-15/h3-5,7-8,16,22H,2,6,9-14H2,1H3,(H2,18,19,20). The summed E-state index contributed by atoms with van der Waals surface area (Å²) in [5.74, 6) is 0.887. The Morgan fingerprint density at radius 2 is 2.08 bits per heavy atom. The van der Waals surface area contributed by atoms with Crippen LogP contribution >= 0.6 is 0 Å². The van der Waals surface area contributed by atoms with Crippen LogP contribution in [0.15, 0.2) is 35.3 Å². The normalized spacial score (nSPS) is 18.9. The van der Waals surface area contributed by atoms with E-state index in [-0.39, 0.29) is 5.75 Å². The molecular formula is C17H28N4O3S. The van der Waals surface area contributed by atoms with Crippen molar-refractivity contribution in [1.82, 2.24) is 14.9 Å². The van der Waals surface area contributed by atoms with Crippen molar-refractivity contribution in [1.29, 1.82) is 0 Å². The molecule has 8 heteroatoms. The average Bonchev–Trinajstić information content (AvgIpc) is 2.94. The molecule has 0 radical (unpaired) electrons. The predicted octanol–water partition coefficient (Wildman–Crippen LogP) is 0.701. The second-order valence-electron chi connectivity index (χ2n) is 5.97. The summed E-state index contributed by atoms with van der Waals surface area (Å²) < 4.78 is 25.1. The number of hydrogen-bond donors (Lipinski definition) is 3. The van der Waals surface area contributed by atoms with Crippen LogP contribution in [0.25, 0.3) is 0 Å². The van der Waals surface area contributed by atoms with Crippen LogP contribution in [0.1, 0.15) is 31.4 Å². The van der Waals surface area contributed by atoms with Crippen molar-refractivity contribution in [2.45, 2.75) is 25.9 Å². The molecule has 2 rings (SSSR count). The SMILES string of the molecule is CCNC(=NCCC(O)c1ccccc1)NCCN1CCCS1(=O)=O.